The highest BCUT2D eigenvalue weighted by atomic mass is 16.2. The van der Waals surface area contributed by atoms with Crippen molar-refractivity contribution in [3.63, 3.8) is 0 Å². The van der Waals surface area contributed by atoms with Gasteiger partial charge in [0.1, 0.15) is 5.82 Å². The summed E-state index contributed by atoms with van der Waals surface area (Å²) in [6.45, 7) is 1.70. The van der Waals surface area contributed by atoms with Crippen LogP contribution in [-0.4, -0.2) is 38.8 Å². The topological polar surface area (TPSA) is 91.0 Å². The van der Waals surface area contributed by atoms with E-state index in [0.717, 1.165) is 53.7 Å². The van der Waals surface area contributed by atoms with Crippen molar-refractivity contribution in [3.8, 4) is 11.1 Å². The standard InChI is InChI=1S/C24H21N5O2/c30-23(29-14-1-2-15-29)18-7-5-16(6-8-18)17-9-11-19(12-10-17)26-22-20-4-3-13-25-21(20)27-24(31)28-22/h3-13H,1-2,14-15H2,(H2,25,26,27,28,31). The van der Waals surface area contributed by atoms with Crippen molar-refractivity contribution in [1.82, 2.24) is 19.9 Å². The summed E-state index contributed by atoms with van der Waals surface area (Å²) in [5, 5.41) is 3.98. The van der Waals surface area contributed by atoms with Gasteiger partial charge in [-0.25, -0.2) is 9.78 Å². The van der Waals surface area contributed by atoms with Crippen molar-refractivity contribution < 1.29 is 4.79 Å². The number of pyridine rings is 1. The van der Waals surface area contributed by atoms with Crippen molar-refractivity contribution in [1.29, 1.82) is 0 Å². The van der Waals surface area contributed by atoms with Crippen LogP contribution in [0.2, 0.25) is 0 Å². The maximum absolute atomic E-state index is 12.5. The third-order valence-electron chi connectivity index (χ3n) is 5.51. The summed E-state index contributed by atoms with van der Waals surface area (Å²) in [4.78, 5) is 37.0. The number of aromatic nitrogens is 3. The molecule has 0 bridgehead atoms. The molecule has 5 rings (SSSR count). The van der Waals surface area contributed by atoms with Crippen LogP contribution >= 0.6 is 0 Å². The van der Waals surface area contributed by atoms with Gasteiger partial charge in [-0.2, -0.15) is 4.98 Å². The fourth-order valence-corrected chi connectivity index (χ4v) is 3.88. The Balaban J connectivity index is 1.35. The van der Waals surface area contributed by atoms with Gasteiger partial charge in [-0.3, -0.25) is 9.78 Å². The lowest BCUT2D eigenvalue weighted by Crippen LogP contribution is -2.27. The van der Waals surface area contributed by atoms with E-state index in [2.05, 4.69) is 20.3 Å². The zero-order valence-electron chi connectivity index (χ0n) is 16.8. The summed E-state index contributed by atoms with van der Waals surface area (Å²) in [5.74, 6) is 0.664. The first-order valence-corrected chi connectivity index (χ1v) is 10.3. The fraction of sp³-hybridized carbons (Fsp3) is 0.167. The molecular weight excluding hydrogens is 390 g/mol. The molecule has 0 atom stereocenters. The number of anilines is 2. The Labute approximate surface area is 178 Å². The van der Waals surface area contributed by atoms with Crippen LogP contribution in [0.3, 0.4) is 0 Å². The van der Waals surface area contributed by atoms with Gasteiger partial charge in [-0.15, -0.1) is 0 Å². The molecule has 0 unspecified atom stereocenters. The number of hydrogen-bond acceptors (Lipinski definition) is 5. The highest BCUT2D eigenvalue weighted by molar-refractivity contribution is 5.95. The van der Waals surface area contributed by atoms with Crippen molar-refractivity contribution in [2.45, 2.75) is 12.8 Å². The van der Waals surface area contributed by atoms with Crippen LogP contribution in [0.15, 0.2) is 71.7 Å². The van der Waals surface area contributed by atoms with E-state index in [-0.39, 0.29) is 5.91 Å². The molecule has 0 aliphatic carbocycles. The van der Waals surface area contributed by atoms with E-state index in [1.165, 1.54) is 0 Å². The highest BCUT2D eigenvalue weighted by Crippen LogP contribution is 2.25. The smallest absolute Gasteiger partial charge is 0.341 e. The van der Waals surface area contributed by atoms with Gasteiger partial charge in [-0.05, 0) is 60.4 Å². The molecule has 1 fully saturated rings. The number of nitrogens with one attached hydrogen (secondary N) is 2. The second kappa shape index (κ2) is 8.02. The van der Waals surface area contributed by atoms with E-state index in [1.807, 2.05) is 59.5 Å². The molecule has 31 heavy (non-hydrogen) atoms. The molecule has 1 saturated heterocycles. The molecule has 0 radical (unpaired) electrons. The second-order valence-electron chi connectivity index (χ2n) is 7.57. The number of benzene rings is 2. The molecule has 7 heteroatoms. The zero-order chi connectivity index (χ0) is 21.2. The average Bonchev–Trinajstić information content (AvgIpc) is 3.34. The Bertz CT molecular complexity index is 1290. The third kappa shape index (κ3) is 3.90. The summed E-state index contributed by atoms with van der Waals surface area (Å²) in [6, 6.07) is 19.3. The van der Waals surface area contributed by atoms with Gasteiger partial charge in [0.15, 0.2) is 5.65 Å². The van der Waals surface area contributed by atoms with E-state index >= 15 is 0 Å². The van der Waals surface area contributed by atoms with Crippen LogP contribution in [-0.2, 0) is 0 Å². The van der Waals surface area contributed by atoms with Gasteiger partial charge in [-0.1, -0.05) is 24.3 Å². The molecule has 0 spiro atoms. The van der Waals surface area contributed by atoms with Crippen molar-refractivity contribution in [2.75, 3.05) is 18.4 Å². The van der Waals surface area contributed by atoms with Crippen molar-refractivity contribution in [2.24, 2.45) is 0 Å². The first kappa shape index (κ1) is 19.0. The number of nitrogens with zero attached hydrogens (tertiary/aromatic N) is 3. The van der Waals surface area contributed by atoms with Crippen LogP contribution in [0.25, 0.3) is 22.2 Å². The van der Waals surface area contributed by atoms with Crippen molar-refractivity contribution in [3.05, 3.63) is 82.9 Å². The summed E-state index contributed by atoms with van der Waals surface area (Å²) in [6.07, 6.45) is 3.78. The molecule has 0 saturated carbocycles. The fourth-order valence-electron chi connectivity index (χ4n) is 3.88. The normalized spacial score (nSPS) is 13.5. The average molecular weight is 411 g/mol. The Morgan fingerprint density at radius 3 is 2.32 bits per heavy atom. The number of rotatable bonds is 4. The number of fused-ring (bicyclic) bond motifs is 1. The Morgan fingerprint density at radius 2 is 1.61 bits per heavy atom. The highest BCUT2D eigenvalue weighted by Gasteiger charge is 2.19. The predicted molar refractivity (Wildman–Crippen MR) is 120 cm³/mol. The second-order valence-corrected chi connectivity index (χ2v) is 7.57. The van der Waals surface area contributed by atoms with Crippen LogP contribution in [0.5, 0.6) is 0 Å². The third-order valence-corrected chi connectivity index (χ3v) is 5.51. The number of likely N-dealkylation sites (tertiary alicyclic amines) is 1. The van der Waals surface area contributed by atoms with Gasteiger partial charge in [0.2, 0.25) is 0 Å². The van der Waals surface area contributed by atoms with Crippen molar-refractivity contribution >= 4 is 28.4 Å². The lowest BCUT2D eigenvalue weighted by molar-refractivity contribution is 0.0793. The zero-order valence-corrected chi connectivity index (χ0v) is 16.8. The maximum Gasteiger partial charge on any atom is 0.348 e. The molecular formula is C24H21N5O2. The van der Waals surface area contributed by atoms with Gasteiger partial charge in [0.25, 0.3) is 5.91 Å². The molecule has 2 aromatic carbocycles. The molecule has 1 aliphatic rings. The lowest BCUT2D eigenvalue weighted by atomic mass is 10.0. The maximum atomic E-state index is 12.5. The number of hydrogen-bond donors (Lipinski definition) is 2. The number of aromatic amines is 1. The van der Waals surface area contributed by atoms with E-state index in [9.17, 15) is 9.59 Å². The molecule has 2 N–H and O–H groups in total. The summed E-state index contributed by atoms with van der Waals surface area (Å²) >= 11 is 0. The monoisotopic (exact) mass is 411 g/mol. The van der Waals surface area contributed by atoms with Gasteiger partial charge < -0.3 is 10.2 Å². The molecule has 1 amide bonds. The molecule has 3 heterocycles. The number of H-pyrrole nitrogens is 1. The van der Waals surface area contributed by atoms with Gasteiger partial charge >= 0.3 is 5.69 Å². The van der Waals surface area contributed by atoms with Crippen LogP contribution < -0.4 is 11.0 Å². The van der Waals surface area contributed by atoms with E-state index < -0.39 is 5.69 Å². The number of carbonyl (C=O) groups is 1. The first-order chi connectivity index (χ1) is 15.2. The SMILES string of the molecule is O=C(c1ccc(-c2ccc(Nc3[nH]c(=O)nc4ncccc34)cc2)cc1)N1CCCC1. The van der Waals surface area contributed by atoms with E-state index in [0.29, 0.717) is 11.5 Å². The minimum absolute atomic E-state index is 0.108. The Morgan fingerprint density at radius 1 is 0.935 bits per heavy atom. The molecule has 154 valence electrons. The largest absolute Gasteiger partial charge is 0.348 e. The Hall–Kier alpha value is -4.00. The molecule has 7 nitrogen and oxygen atoms in total. The van der Waals surface area contributed by atoms with Crippen LogP contribution in [0, 0.1) is 0 Å². The van der Waals surface area contributed by atoms with Crippen LogP contribution in [0.4, 0.5) is 11.5 Å². The summed E-state index contributed by atoms with van der Waals surface area (Å²) < 4.78 is 0. The minimum atomic E-state index is -0.450. The molecule has 1 aliphatic heterocycles. The minimum Gasteiger partial charge on any atom is -0.341 e. The molecule has 2 aromatic heterocycles. The van der Waals surface area contributed by atoms with E-state index in [4.69, 9.17) is 0 Å². The van der Waals surface area contributed by atoms with Gasteiger partial charge in [0.05, 0.1) is 5.39 Å². The lowest BCUT2D eigenvalue weighted by Gasteiger charge is -2.15. The predicted octanol–water partition coefficient (Wildman–Crippen LogP) is 3.96. The summed E-state index contributed by atoms with van der Waals surface area (Å²) in [7, 11) is 0. The van der Waals surface area contributed by atoms with Gasteiger partial charge in [0, 0.05) is 30.5 Å². The Kier molecular flexibility index (Phi) is 4.92. The van der Waals surface area contributed by atoms with Crippen LogP contribution in [0.1, 0.15) is 23.2 Å². The summed E-state index contributed by atoms with van der Waals surface area (Å²) in [5.41, 5.74) is 3.59. The van der Waals surface area contributed by atoms with E-state index in [1.54, 1.807) is 12.3 Å². The number of carbonyl (C=O) groups excluding carboxylic acids is 1. The number of amides is 1. The molecule has 4 aromatic rings. The quantitative estimate of drug-likeness (QED) is 0.530. The first-order valence-electron chi connectivity index (χ1n) is 10.3.